The lowest BCUT2D eigenvalue weighted by atomic mass is 10.1. The molecule has 0 aliphatic carbocycles. The summed E-state index contributed by atoms with van der Waals surface area (Å²) in [4.78, 5) is 11.2. The lowest BCUT2D eigenvalue weighted by molar-refractivity contribution is 0.0685. The highest BCUT2D eigenvalue weighted by molar-refractivity contribution is 9.10. The largest absolute Gasteiger partial charge is 0.477 e. The minimum atomic E-state index is -0.873. The van der Waals surface area contributed by atoms with E-state index >= 15 is 0 Å². The van der Waals surface area contributed by atoms with Gasteiger partial charge in [0.05, 0.1) is 5.52 Å². The number of carboxylic acid groups (broad SMARTS) is 1. The van der Waals surface area contributed by atoms with Crippen molar-refractivity contribution in [1.29, 1.82) is 0 Å². The van der Waals surface area contributed by atoms with Gasteiger partial charge in [-0.25, -0.2) is 4.79 Å². The van der Waals surface area contributed by atoms with E-state index in [-0.39, 0.29) is 0 Å². The van der Waals surface area contributed by atoms with Crippen LogP contribution < -0.4 is 0 Å². The zero-order valence-corrected chi connectivity index (χ0v) is 10.7. The number of aromatic carboxylic acids is 1. The van der Waals surface area contributed by atoms with Crippen LogP contribution in [0.2, 0.25) is 0 Å². The van der Waals surface area contributed by atoms with Crippen LogP contribution in [0.5, 0.6) is 0 Å². The summed E-state index contributed by atoms with van der Waals surface area (Å²) in [6, 6.07) is 5.80. The fraction of sp³-hybridized carbons (Fsp3) is 0.250. The van der Waals surface area contributed by atoms with Gasteiger partial charge in [-0.1, -0.05) is 12.1 Å². The number of benzene rings is 1. The second kappa shape index (κ2) is 3.94. The Bertz CT molecular complexity index is 572. The molecule has 0 atom stereocenters. The predicted octanol–water partition coefficient (Wildman–Crippen LogP) is 3.43. The molecular formula is C12H12BrNO2. The number of rotatable bonds is 2. The highest BCUT2D eigenvalue weighted by Gasteiger charge is 2.19. The topological polar surface area (TPSA) is 42.2 Å². The number of aromatic nitrogens is 1. The van der Waals surface area contributed by atoms with Crippen molar-refractivity contribution in [3.63, 3.8) is 0 Å². The minimum Gasteiger partial charge on any atom is -0.477 e. The summed E-state index contributed by atoms with van der Waals surface area (Å²) < 4.78 is 2.76. The first kappa shape index (κ1) is 11.2. The Labute approximate surface area is 102 Å². The molecule has 0 fully saturated rings. The standard InChI is InChI=1S/C12H12BrNO2/c1-3-14-10(12(15)16)7(2)8-5-4-6-9(13)11(8)14/h4-6H,3H2,1-2H3,(H,15,16). The van der Waals surface area contributed by atoms with E-state index in [2.05, 4.69) is 15.9 Å². The molecule has 3 nitrogen and oxygen atoms in total. The molecule has 1 N–H and O–H groups in total. The van der Waals surface area contributed by atoms with E-state index in [4.69, 9.17) is 0 Å². The van der Waals surface area contributed by atoms with Gasteiger partial charge in [0.2, 0.25) is 0 Å². The van der Waals surface area contributed by atoms with Gasteiger partial charge in [-0.3, -0.25) is 0 Å². The third kappa shape index (κ3) is 1.45. The Morgan fingerprint density at radius 1 is 1.50 bits per heavy atom. The molecule has 84 valence electrons. The second-order valence-corrected chi connectivity index (χ2v) is 4.51. The number of fused-ring (bicyclic) bond motifs is 1. The van der Waals surface area contributed by atoms with Crippen LogP contribution >= 0.6 is 15.9 Å². The van der Waals surface area contributed by atoms with Crippen molar-refractivity contribution in [3.05, 3.63) is 33.9 Å². The van der Waals surface area contributed by atoms with Gasteiger partial charge >= 0.3 is 5.97 Å². The van der Waals surface area contributed by atoms with Gasteiger partial charge in [-0.2, -0.15) is 0 Å². The molecule has 0 saturated carbocycles. The van der Waals surface area contributed by atoms with Crippen molar-refractivity contribution in [2.24, 2.45) is 0 Å². The van der Waals surface area contributed by atoms with E-state index in [0.717, 1.165) is 20.9 Å². The fourth-order valence-corrected chi connectivity index (χ4v) is 2.71. The molecule has 16 heavy (non-hydrogen) atoms. The van der Waals surface area contributed by atoms with Crippen molar-refractivity contribution >= 4 is 32.8 Å². The Morgan fingerprint density at radius 2 is 2.19 bits per heavy atom. The Balaban J connectivity index is 2.97. The average molecular weight is 282 g/mol. The maximum Gasteiger partial charge on any atom is 0.352 e. The number of carboxylic acids is 1. The fourth-order valence-electron chi connectivity index (χ4n) is 2.13. The molecule has 2 aromatic rings. The summed E-state index contributed by atoms with van der Waals surface area (Å²) in [6.07, 6.45) is 0. The van der Waals surface area contributed by atoms with E-state index < -0.39 is 5.97 Å². The lowest BCUT2D eigenvalue weighted by Gasteiger charge is -2.05. The number of para-hydroxylation sites is 1. The van der Waals surface area contributed by atoms with Crippen molar-refractivity contribution in [2.75, 3.05) is 0 Å². The Morgan fingerprint density at radius 3 is 2.75 bits per heavy atom. The summed E-state index contributed by atoms with van der Waals surface area (Å²) in [5.41, 5.74) is 2.16. The van der Waals surface area contributed by atoms with Crippen LogP contribution in [-0.4, -0.2) is 15.6 Å². The predicted molar refractivity (Wildman–Crippen MR) is 67.0 cm³/mol. The third-order valence-electron chi connectivity index (χ3n) is 2.80. The summed E-state index contributed by atoms with van der Waals surface area (Å²) in [5.74, 6) is -0.873. The molecule has 0 aliphatic heterocycles. The SMILES string of the molecule is CCn1c(C(=O)O)c(C)c2cccc(Br)c21. The summed E-state index contributed by atoms with van der Waals surface area (Å²) >= 11 is 3.47. The zero-order valence-electron chi connectivity index (χ0n) is 9.12. The summed E-state index contributed by atoms with van der Waals surface area (Å²) in [6.45, 7) is 4.45. The number of nitrogens with zero attached hydrogens (tertiary/aromatic N) is 1. The minimum absolute atomic E-state index is 0.379. The lowest BCUT2D eigenvalue weighted by Crippen LogP contribution is -2.08. The summed E-state index contributed by atoms with van der Waals surface area (Å²) in [5, 5.41) is 10.2. The molecule has 0 saturated heterocycles. The molecule has 0 bridgehead atoms. The molecule has 1 aromatic carbocycles. The third-order valence-corrected chi connectivity index (χ3v) is 3.44. The first-order valence-corrected chi connectivity index (χ1v) is 5.87. The van der Waals surface area contributed by atoms with Crippen LogP contribution in [0.15, 0.2) is 22.7 Å². The molecule has 0 amide bonds. The second-order valence-electron chi connectivity index (χ2n) is 3.66. The van der Waals surface area contributed by atoms with Gasteiger partial charge < -0.3 is 9.67 Å². The van der Waals surface area contributed by atoms with Crippen LogP contribution in [0, 0.1) is 6.92 Å². The van der Waals surface area contributed by atoms with Gasteiger partial charge in [0, 0.05) is 16.4 Å². The smallest absolute Gasteiger partial charge is 0.352 e. The van der Waals surface area contributed by atoms with Gasteiger partial charge in [0.15, 0.2) is 0 Å². The van der Waals surface area contributed by atoms with Crippen molar-refractivity contribution < 1.29 is 9.90 Å². The monoisotopic (exact) mass is 281 g/mol. The first-order valence-electron chi connectivity index (χ1n) is 5.08. The molecule has 0 aliphatic rings. The first-order chi connectivity index (χ1) is 7.57. The van der Waals surface area contributed by atoms with E-state index in [1.54, 1.807) is 0 Å². The number of halogens is 1. The van der Waals surface area contributed by atoms with Gasteiger partial charge in [-0.15, -0.1) is 0 Å². The Kier molecular flexibility index (Phi) is 2.76. The normalized spacial score (nSPS) is 10.9. The number of hydrogen-bond donors (Lipinski definition) is 1. The molecule has 2 rings (SSSR count). The zero-order chi connectivity index (χ0) is 11.9. The Hall–Kier alpha value is -1.29. The highest BCUT2D eigenvalue weighted by atomic mass is 79.9. The molecule has 0 unspecified atom stereocenters. The van der Waals surface area contributed by atoms with Gasteiger partial charge in [0.25, 0.3) is 0 Å². The highest BCUT2D eigenvalue weighted by Crippen LogP contribution is 2.31. The van der Waals surface area contributed by atoms with Crippen LogP contribution in [0.25, 0.3) is 10.9 Å². The maximum absolute atomic E-state index is 11.2. The van der Waals surface area contributed by atoms with Crippen LogP contribution in [-0.2, 0) is 6.54 Å². The molecular weight excluding hydrogens is 270 g/mol. The number of hydrogen-bond acceptors (Lipinski definition) is 1. The van der Waals surface area contributed by atoms with Crippen LogP contribution in [0.3, 0.4) is 0 Å². The van der Waals surface area contributed by atoms with Crippen molar-refractivity contribution in [2.45, 2.75) is 20.4 Å². The van der Waals surface area contributed by atoms with Crippen LogP contribution in [0.1, 0.15) is 23.0 Å². The summed E-state index contributed by atoms with van der Waals surface area (Å²) in [7, 11) is 0. The van der Waals surface area contributed by atoms with E-state index in [0.29, 0.717) is 12.2 Å². The molecule has 4 heteroatoms. The quantitative estimate of drug-likeness (QED) is 0.916. The van der Waals surface area contributed by atoms with E-state index in [1.807, 2.05) is 36.6 Å². The van der Waals surface area contributed by atoms with E-state index in [9.17, 15) is 9.90 Å². The van der Waals surface area contributed by atoms with Crippen molar-refractivity contribution in [1.82, 2.24) is 4.57 Å². The van der Waals surface area contributed by atoms with Crippen molar-refractivity contribution in [3.8, 4) is 0 Å². The average Bonchev–Trinajstić information content (AvgIpc) is 2.53. The van der Waals surface area contributed by atoms with Gasteiger partial charge in [-0.05, 0) is 41.4 Å². The molecule has 0 spiro atoms. The number of aryl methyl sites for hydroxylation is 2. The van der Waals surface area contributed by atoms with Gasteiger partial charge in [0.1, 0.15) is 5.69 Å². The molecule has 1 aromatic heterocycles. The molecule has 0 radical (unpaired) electrons. The molecule has 1 heterocycles. The maximum atomic E-state index is 11.2. The van der Waals surface area contributed by atoms with E-state index in [1.165, 1.54) is 0 Å². The number of carbonyl (C=O) groups is 1. The van der Waals surface area contributed by atoms with Crippen LogP contribution in [0.4, 0.5) is 0 Å².